The van der Waals surface area contributed by atoms with Crippen molar-refractivity contribution in [2.45, 2.75) is 77.1 Å². The van der Waals surface area contributed by atoms with E-state index in [0.29, 0.717) is 38.4 Å². The number of halogens is 2. The monoisotopic (exact) mass is 647 g/mol. The molecule has 3 aromatic rings. The summed E-state index contributed by atoms with van der Waals surface area (Å²) >= 11 is 0. The van der Waals surface area contributed by atoms with Gasteiger partial charge in [0.2, 0.25) is 0 Å². The number of anilines is 2. The highest BCUT2D eigenvalue weighted by Gasteiger charge is 2.43. The van der Waals surface area contributed by atoms with Crippen LogP contribution in [0.15, 0.2) is 36.4 Å². The number of nitrogens with zero attached hydrogens (tertiary/aromatic N) is 7. The van der Waals surface area contributed by atoms with E-state index in [1.807, 2.05) is 20.8 Å². The molecule has 0 spiro atoms. The molecule has 2 aromatic carbocycles. The van der Waals surface area contributed by atoms with Crippen LogP contribution < -0.4 is 14.5 Å². The first-order chi connectivity index (χ1) is 22.3. The zero-order valence-electron chi connectivity index (χ0n) is 27.8. The highest BCUT2D eigenvalue weighted by molar-refractivity contribution is 5.97. The van der Waals surface area contributed by atoms with Crippen molar-refractivity contribution < 1.29 is 23.0 Å². The number of hydrogen-bond acceptors (Lipinski definition) is 9. The fourth-order valence-corrected chi connectivity index (χ4v) is 6.99. The topological polar surface area (TPSA) is 98.1 Å². The Kier molecular flexibility index (Phi) is 8.87. The summed E-state index contributed by atoms with van der Waals surface area (Å²) in [5, 5.41) is 12.0. The lowest BCUT2D eigenvalue weighted by molar-refractivity contribution is 0.0132. The first kappa shape index (κ1) is 32.7. The van der Waals surface area contributed by atoms with Crippen molar-refractivity contribution in [1.82, 2.24) is 19.8 Å². The van der Waals surface area contributed by atoms with Gasteiger partial charge in [-0.15, -0.1) is 0 Å². The molecule has 12 heteroatoms. The molecule has 250 valence electrons. The number of alkyl halides is 2. The van der Waals surface area contributed by atoms with Crippen molar-refractivity contribution in [1.29, 1.82) is 5.26 Å². The smallest absolute Gasteiger partial charge is 0.410 e. The van der Waals surface area contributed by atoms with Gasteiger partial charge in [0.1, 0.15) is 18.0 Å². The van der Waals surface area contributed by atoms with Gasteiger partial charge >= 0.3 is 12.1 Å². The van der Waals surface area contributed by atoms with E-state index >= 15 is 0 Å². The second kappa shape index (κ2) is 12.8. The third-order valence-corrected chi connectivity index (χ3v) is 9.23. The maximum atomic E-state index is 14.1. The predicted molar refractivity (Wildman–Crippen MR) is 176 cm³/mol. The van der Waals surface area contributed by atoms with Crippen LogP contribution in [-0.2, 0) is 17.7 Å². The average molecular weight is 648 g/mol. The van der Waals surface area contributed by atoms with Crippen molar-refractivity contribution >= 4 is 28.4 Å². The molecule has 2 atom stereocenters. The molecule has 1 amide bonds. The maximum absolute atomic E-state index is 14.1. The molecular formula is C35H43F2N7O3. The lowest BCUT2D eigenvalue weighted by atomic mass is 9.99. The van der Waals surface area contributed by atoms with E-state index in [0.717, 1.165) is 23.5 Å². The molecule has 0 saturated carbocycles. The van der Waals surface area contributed by atoms with Crippen LogP contribution in [0, 0.1) is 18.3 Å². The molecule has 3 aliphatic heterocycles. The van der Waals surface area contributed by atoms with Crippen LogP contribution in [0.4, 0.5) is 25.1 Å². The number of carbonyl (C=O) groups excluding carboxylic acids is 1. The van der Waals surface area contributed by atoms with Gasteiger partial charge < -0.3 is 24.2 Å². The fraction of sp³-hybridized carbons (Fsp3) is 0.543. The Morgan fingerprint density at radius 3 is 2.55 bits per heavy atom. The molecule has 6 rings (SSSR count). The molecule has 0 bridgehead atoms. The van der Waals surface area contributed by atoms with E-state index in [-0.39, 0.29) is 32.0 Å². The average Bonchev–Trinajstić information content (AvgIpc) is 3.29. The molecule has 47 heavy (non-hydrogen) atoms. The Morgan fingerprint density at radius 1 is 1.09 bits per heavy atom. The molecule has 3 aliphatic rings. The number of aryl methyl sites for hydroxylation is 1. The second-order valence-electron chi connectivity index (χ2n) is 14.0. The molecule has 1 unspecified atom stereocenters. The number of amides is 1. The number of benzene rings is 2. The quantitative estimate of drug-likeness (QED) is 0.341. The standard InChI is InChI=1S/C35H43F2N7O3/c1-23-8-6-9-24-10-7-11-29(30(23)24)42-15-13-27-28(20-42)39-32(46-21-26-18-35(36,37)22-41(26)5)40-31(27)43-16-17-44(25(19-43)12-14-38)33(45)47-34(2,3)4/h6-11,25-26H,12-13,15-22H2,1-5H3/t25?,26-/m0/s1. The zero-order valence-corrected chi connectivity index (χ0v) is 27.8. The van der Waals surface area contributed by atoms with Crippen LogP contribution >= 0.6 is 0 Å². The molecule has 4 heterocycles. The SMILES string of the molecule is Cc1cccc2cccc(N3CCc4c(nc(OC[C@@H]5CC(F)(F)CN5C)nc4N4CCN(C(=O)OC(C)(C)C)C(CC#N)C4)C3)c12. The van der Waals surface area contributed by atoms with Gasteiger partial charge in [0.15, 0.2) is 0 Å². The molecule has 1 aromatic heterocycles. The number of rotatable bonds is 6. The lowest BCUT2D eigenvalue weighted by Gasteiger charge is -2.42. The van der Waals surface area contributed by atoms with Gasteiger partial charge in [-0.2, -0.15) is 15.2 Å². The molecule has 2 fully saturated rings. The summed E-state index contributed by atoms with van der Waals surface area (Å²) in [5.41, 5.74) is 3.48. The van der Waals surface area contributed by atoms with E-state index in [2.05, 4.69) is 59.2 Å². The molecular weight excluding hydrogens is 604 g/mol. The Balaban J connectivity index is 1.32. The fourth-order valence-electron chi connectivity index (χ4n) is 6.99. The van der Waals surface area contributed by atoms with Gasteiger partial charge in [0.25, 0.3) is 5.92 Å². The summed E-state index contributed by atoms with van der Waals surface area (Å²) in [4.78, 5) is 30.5. The van der Waals surface area contributed by atoms with E-state index in [9.17, 15) is 18.8 Å². The highest BCUT2D eigenvalue weighted by Crippen LogP contribution is 2.37. The van der Waals surface area contributed by atoms with Crippen LogP contribution in [0.5, 0.6) is 6.01 Å². The van der Waals surface area contributed by atoms with Gasteiger partial charge in [-0.3, -0.25) is 4.90 Å². The molecule has 0 N–H and O–H groups in total. The van der Waals surface area contributed by atoms with E-state index in [1.165, 1.54) is 16.3 Å². The maximum Gasteiger partial charge on any atom is 0.410 e. The lowest BCUT2D eigenvalue weighted by Crippen LogP contribution is -2.56. The summed E-state index contributed by atoms with van der Waals surface area (Å²) < 4.78 is 40.0. The van der Waals surface area contributed by atoms with Crippen LogP contribution in [0.1, 0.15) is 50.4 Å². The highest BCUT2D eigenvalue weighted by atomic mass is 19.3. The third kappa shape index (κ3) is 7.05. The minimum atomic E-state index is -2.76. The van der Waals surface area contributed by atoms with Crippen molar-refractivity contribution in [3.8, 4) is 12.1 Å². The number of nitriles is 1. The summed E-state index contributed by atoms with van der Waals surface area (Å²) in [6.45, 7) is 9.82. The predicted octanol–water partition coefficient (Wildman–Crippen LogP) is 5.56. The zero-order chi connectivity index (χ0) is 33.5. The summed E-state index contributed by atoms with van der Waals surface area (Å²) in [5.74, 6) is -2.05. The first-order valence-corrected chi connectivity index (χ1v) is 16.3. The largest absolute Gasteiger partial charge is 0.462 e. The van der Waals surface area contributed by atoms with Crippen molar-refractivity contribution in [2.75, 3.05) is 56.2 Å². The molecule has 0 radical (unpaired) electrons. The number of likely N-dealkylation sites (N-methyl/N-ethyl adjacent to an activating group) is 1. The van der Waals surface area contributed by atoms with Crippen molar-refractivity contribution in [3.63, 3.8) is 0 Å². The van der Waals surface area contributed by atoms with E-state index < -0.39 is 29.7 Å². The first-order valence-electron chi connectivity index (χ1n) is 16.3. The van der Waals surface area contributed by atoms with Crippen LogP contribution in [0.25, 0.3) is 10.8 Å². The number of ether oxygens (including phenoxy) is 2. The summed E-state index contributed by atoms with van der Waals surface area (Å²) in [6.07, 6.45) is 0.102. The minimum Gasteiger partial charge on any atom is -0.462 e. The number of carbonyl (C=O) groups is 1. The van der Waals surface area contributed by atoms with E-state index in [1.54, 1.807) is 16.8 Å². The molecule has 10 nitrogen and oxygen atoms in total. The number of fused-ring (bicyclic) bond motifs is 2. The van der Waals surface area contributed by atoms with Crippen LogP contribution in [0.2, 0.25) is 0 Å². The minimum absolute atomic E-state index is 0.0417. The van der Waals surface area contributed by atoms with E-state index in [4.69, 9.17) is 19.4 Å². The number of hydrogen-bond donors (Lipinski definition) is 0. The van der Waals surface area contributed by atoms with Crippen molar-refractivity contribution in [2.24, 2.45) is 0 Å². The number of piperazine rings is 1. The third-order valence-electron chi connectivity index (χ3n) is 9.23. The van der Waals surface area contributed by atoms with Crippen LogP contribution in [0.3, 0.4) is 0 Å². The Morgan fingerprint density at radius 2 is 1.85 bits per heavy atom. The normalized spacial score (nSPS) is 21.4. The Labute approximate surface area is 274 Å². The second-order valence-corrected chi connectivity index (χ2v) is 14.0. The summed E-state index contributed by atoms with van der Waals surface area (Å²) in [6, 6.07) is 14.1. The Hall–Kier alpha value is -4.24. The van der Waals surface area contributed by atoms with Crippen molar-refractivity contribution in [3.05, 3.63) is 53.2 Å². The Bertz CT molecular complexity index is 1680. The van der Waals surface area contributed by atoms with Gasteiger partial charge in [-0.25, -0.2) is 13.6 Å². The summed E-state index contributed by atoms with van der Waals surface area (Å²) in [7, 11) is 1.68. The van der Waals surface area contributed by atoms with Gasteiger partial charge in [0, 0.05) is 55.3 Å². The van der Waals surface area contributed by atoms with Gasteiger partial charge in [-0.1, -0.05) is 30.3 Å². The molecule has 0 aliphatic carbocycles. The van der Waals surface area contributed by atoms with Gasteiger partial charge in [0.05, 0.1) is 37.3 Å². The van der Waals surface area contributed by atoms with Crippen LogP contribution in [-0.4, -0.2) is 95.8 Å². The number of aromatic nitrogens is 2. The molecule has 2 saturated heterocycles. The number of likely N-dealkylation sites (tertiary alicyclic amines) is 1. The van der Waals surface area contributed by atoms with Gasteiger partial charge in [-0.05, 0) is 58.2 Å².